The number of benzene rings is 1. The highest BCUT2D eigenvalue weighted by molar-refractivity contribution is 6.11. The zero-order valence-electron chi connectivity index (χ0n) is 14.8. The highest BCUT2D eigenvalue weighted by atomic mass is 16.2. The molecule has 2 heterocycles. The SMILES string of the molecule is CC(C)c1cccc2c1NC(=O)C21N(C)CCC12CCCCC2=O. The van der Waals surface area contributed by atoms with Crippen LogP contribution in [0.3, 0.4) is 0 Å². The van der Waals surface area contributed by atoms with Crippen LogP contribution in [0.4, 0.5) is 5.69 Å². The minimum atomic E-state index is -0.815. The predicted octanol–water partition coefficient (Wildman–Crippen LogP) is 3.42. The standard InChI is InChI=1S/C20H26N2O2/c1-13(2)14-7-6-8-15-17(14)21-18(24)20(15)19(11-12-22(20)3)10-5-4-9-16(19)23/h6-8,13H,4-5,9-12H2,1-3H3,(H,21,24). The van der Waals surface area contributed by atoms with Gasteiger partial charge >= 0.3 is 0 Å². The van der Waals surface area contributed by atoms with Gasteiger partial charge < -0.3 is 5.32 Å². The van der Waals surface area contributed by atoms with Gasteiger partial charge in [-0.1, -0.05) is 38.5 Å². The number of carbonyl (C=O) groups is 2. The fraction of sp³-hybridized carbons (Fsp3) is 0.600. The van der Waals surface area contributed by atoms with E-state index in [0.29, 0.717) is 12.3 Å². The Labute approximate surface area is 143 Å². The lowest BCUT2D eigenvalue weighted by molar-refractivity contribution is -0.147. The third-order valence-electron chi connectivity index (χ3n) is 6.61. The second-order valence-corrected chi connectivity index (χ2v) is 7.97. The fourth-order valence-corrected chi connectivity index (χ4v) is 5.48. The van der Waals surface area contributed by atoms with Crippen molar-refractivity contribution in [3.05, 3.63) is 29.3 Å². The van der Waals surface area contributed by atoms with Crippen LogP contribution in [0.25, 0.3) is 0 Å². The molecule has 128 valence electrons. The highest BCUT2D eigenvalue weighted by Crippen LogP contribution is 2.61. The first-order valence-corrected chi connectivity index (χ1v) is 9.14. The van der Waals surface area contributed by atoms with Crippen molar-refractivity contribution >= 4 is 17.4 Å². The van der Waals surface area contributed by atoms with E-state index in [0.717, 1.165) is 49.0 Å². The normalized spacial score (nSPS) is 32.8. The smallest absolute Gasteiger partial charge is 0.250 e. The van der Waals surface area contributed by atoms with Crippen molar-refractivity contribution in [2.24, 2.45) is 5.41 Å². The van der Waals surface area contributed by atoms with Crippen molar-refractivity contribution in [3.8, 4) is 0 Å². The van der Waals surface area contributed by atoms with E-state index >= 15 is 0 Å². The van der Waals surface area contributed by atoms with E-state index in [2.05, 4.69) is 36.2 Å². The Bertz CT molecular complexity index is 722. The summed E-state index contributed by atoms with van der Waals surface area (Å²) in [6.45, 7) is 5.09. The Kier molecular flexibility index (Phi) is 3.40. The van der Waals surface area contributed by atoms with Gasteiger partial charge in [0.1, 0.15) is 11.3 Å². The van der Waals surface area contributed by atoms with Gasteiger partial charge in [-0.15, -0.1) is 0 Å². The quantitative estimate of drug-likeness (QED) is 0.860. The molecule has 3 aliphatic rings. The molecule has 4 heteroatoms. The van der Waals surface area contributed by atoms with Crippen LogP contribution in [0.2, 0.25) is 0 Å². The maximum absolute atomic E-state index is 13.4. The van der Waals surface area contributed by atoms with E-state index in [-0.39, 0.29) is 11.7 Å². The van der Waals surface area contributed by atoms with Gasteiger partial charge in [0, 0.05) is 24.2 Å². The number of fused-ring (bicyclic) bond motifs is 3. The molecule has 4 rings (SSSR count). The fourth-order valence-electron chi connectivity index (χ4n) is 5.48. The summed E-state index contributed by atoms with van der Waals surface area (Å²) in [6.07, 6.45) is 4.23. The second-order valence-electron chi connectivity index (χ2n) is 7.97. The number of likely N-dealkylation sites (tertiary alicyclic amines) is 1. The molecule has 1 N–H and O–H groups in total. The lowest BCUT2D eigenvalue weighted by atomic mass is 9.59. The van der Waals surface area contributed by atoms with Gasteiger partial charge in [-0.3, -0.25) is 14.5 Å². The molecule has 1 saturated carbocycles. The number of nitrogens with zero attached hydrogens (tertiary/aromatic N) is 1. The molecular formula is C20H26N2O2. The van der Waals surface area contributed by atoms with E-state index < -0.39 is 11.0 Å². The number of carbonyl (C=O) groups excluding carboxylic acids is 2. The van der Waals surface area contributed by atoms with Crippen LogP contribution in [0.1, 0.15) is 63.0 Å². The number of likely N-dealkylation sites (N-methyl/N-ethyl adjacent to an activating group) is 1. The molecule has 2 spiro atoms. The molecule has 1 aliphatic carbocycles. The largest absolute Gasteiger partial charge is 0.324 e. The molecule has 2 atom stereocenters. The zero-order valence-corrected chi connectivity index (χ0v) is 14.8. The van der Waals surface area contributed by atoms with E-state index in [4.69, 9.17) is 0 Å². The summed E-state index contributed by atoms with van der Waals surface area (Å²) in [5, 5.41) is 3.17. The summed E-state index contributed by atoms with van der Waals surface area (Å²) >= 11 is 0. The summed E-state index contributed by atoms with van der Waals surface area (Å²) in [6, 6.07) is 6.20. The lowest BCUT2D eigenvalue weighted by Crippen LogP contribution is -2.58. The zero-order chi connectivity index (χ0) is 17.1. The third kappa shape index (κ3) is 1.67. The Hall–Kier alpha value is -1.68. The number of hydrogen-bond acceptors (Lipinski definition) is 3. The van der Waals surface area contributed by atoms with Gasteiger partial charge in [-0.2, -0.15) is 0 Å². The van der Waals surface area contributed by atoms with Gasteiger partial charge in [-0.05, 0) is 37.8 Å². The van der Waals surface area contributed by atoms with E-state index in [9.17, 15) is 9.59 Å². The average Bonchev–Trinajstić information content (AvgIpc) is 3.02. The maximum Gasteiger partial charge on any atom is 0.250 e. The summed E-state index contributed by atoms with van der Waals surface area (Å²) in [5.41, 5.74) is 1.77. The molecular weight excluding hydrogens is 300 g/mol. The van der Waals surface area contributed by atoms with Crippen molar-refractivity contribution < 1.29 is 9.59 Å². The lowest BCUT2D eigenvalue weighted by Gasteiger charge is -2.45. The number of hydrogen-bond donors (Lipinski definition) is 1. The van der Waals surface area contributed by atoms with Crippen LogP contribution in [-0.2, 0) is 15.1 Å². The third-order valence-corrected chi connectivity index (χ3v) is 6.61. The summed E-state index contributed by atoms with van der Waals surface area (Å²) in [5.74, 6) is 0.622. The van der Waals surface area contributed by atoms with Crippen LogP contribution < -0.4 is 5.32 Å². The number of amides is 1. The van der Waals surface area contributed by atoms with Crippen LogP contribution in [0.15, 0.2) is 18.2 Å². The van der Waals surface area contributed by atoms with Crippen LogP contribution in [-0.4, -0.2) is 30.2 Å². The summed E-state index contributed by atoms with van der Waals surface area (Å²) in [4.78, 5) is 28.6. The summed E-state index contributed by atoms with van der Waals surface area (Å²) in [7, 11) is 2.01. The second kappa shape index (κ2) is 5.16. The number of Topliss-reactive ketones (excluding diaryl/α,β-unsaturated/α-hetero) is 1. The molecule has 1 amide bonds. The first-order chi connectivity index (χ1) is 11.4. The Morgan fingerprint density at radius 3 is 2.67 bits per heavy atom. The van der Waals surface area contributed by atoms with Gasteiger partial charge in [-0.25, -0.2) is 0 Å². The molecule has 24 heavy (non-hydrogen) atoms. The van der Waals surface area contributed by atoms with Gasteiger partial charge in [0.15, 0.2) is 0 Å². The van der Waals surface area contributed by atoms with Crippen molar-refractivity contribution in [1.29, 1.82) is 0 Å². The maximum atomic E-state index is 13.4. The van der Waals surface area contributed by atoms with E-state index in [1.54, 1.807) is 0 Å². The average molecular weight is 326 g/mol. The van der Waals surface area contributed by atoms with Crippen molar-refractivity contribution in [1.82, 2.24) is 4.90 Å². The van der Waals surface area contributed by atoms with E-state index in [1.165, 1.54) is 0 Å². The van der Waals surface area contributed by atoms with Crippen LogP contribution in [0.5, 0.6) is 0 Å². The molecule has 2 fully saturated rings. The first-order valence-electron chi connectivity index (χ1n) is 9.14. The molecule has 4 nitrogen and oxygen atoms in total. The van der Waals surface area contributed by atoms with Crippen LogP contribution >= 0.6 is 0 Å². The molecule has 0 aromatic heterocycles. The van der Waals surface area contributed by atoms with Crippen molar-refractivity contribution in [3.63, 3.8) is 0 Å². The van der Waals surface area contributed by atoms with Gasteiger partial charge in [0.05, 0.1) is 5.41 Å². The number of nitrogens with one attached hydrogen (secondary N) is 1. The molecule has 2 unspecified atom stereocenters. The minimum absolute atomic E-state index is 0.000787. The van der Waals surface area contributed by atoms with Crippen molar-refractivity contribution in [2.75, 3.05) is 18.9 Å². The predicted molar refractivity (Wildman–Crippen MR) is 94.0 cm³/mol. The molecule has 1 aromatic rings. The monoisotopic (exact) mass is 326 g/mol. The van der Waals surface area contributed by atoms with Crippen LogP contribution in [0, 0.1) is 5.41 Å². The number of ketones is 1. The van der Waals surface area contributed by atoms with E-state index in [1.807, 2.05) is 13.1 Å². The number of rotatable bonds is 1. The number of para-hydroxylation sites is 1. The molecule has 1 saturated heterocycles. The number of anilines is 1. The van der Waals surface area contributed by atoms with Gasteiger partial charge in [0.25, 0.3) is 5.91 Å². The molecule has 0 radical (unpaired) electrons. The minimum Gasteiger partial charge on any atom is -0.324 e. The Balaban J connectivity index is 1.99. The molecule has 2 aliphatic heterocycles. The Morgan fingerprint density at radius 1 is 1.17 bits per heavy atom. The Morgan fingerprint density at radius 2 is 1.96 bits per heavy atom. The van der Waals surface area contributed by atoms with Gasteiger partial charge in [0.2, 0.25) is 0 Å². The molecule has 1 aromatic carbocycles. The first kappa shape index (κ1) is 15.8. The highest BCUT2D eigenvalue weighted by Gasteiger charge is 2.69. The summed E-state index contributed by atoms with van der Waals surface area (Å²) < 4.78 is 0. The van der Waals surface area contributed by atoms with Crippen molar-refractivity contribution in [2.45, 2.75) is 57.4 Å². The molecule has 0 bridgehead atoms. The topological polar surface area (TPSA) is 49.4 Å².